The van der Waals surface area contributed by atoms with E-state index in [0.717, 1.165) is 5.56 Å². The highest BCUT2D eigenvalue weighted by Crippen LogP contribution is 2.32. The Morgan fingerprint density at radius 1 is 1.24 bits per heavy atom. The number of hydrogen-bond acceptors (Lipinski definition) is 4. The first-order valence-corrected chi connectivity index (χ1v) is 7.92. The summed E-state index contributed by atoms with van der Waals surface area (Å²) < 4.78 is 32.6. The second-order valence-corrected chi connectivity index (χ2v) is 6.49. The van der Waals surface area contributed by atoms with Gasteiger partial charge in [-0.15, -0.1) is 0 Å². The van der Waals surface area contributed by atoms with E-state index >= 15 is 0 Å². The first kappa shape index (κ1) is 15.5. The molecular weight excluding hydrogens is 312 g/mol. The van der Waals surface area contributed by atoms with Gasteiger partial charge < -0.3 is 10.5 Å². The number of rotatable bonds is 4. The zero-order valence-electron chi connectivity index (χ0n) is 11.6. The molecule has 0 saturated carbocycles. The number of halogens is 1. The number of ether oxygens (including phenoxy) is 1. The van der Waals surface area contributed by atoms with Crippen LogP contribution in [0, 0.1) is 6.92 Å². The second kappa shape index (κ2) is 5.83. The maximum Gasteiger partial charge on any atom is 0.265 e. The van der Waals surface area contributed by atoms with E-state index in [4.69, 9.17) is 22.1 Å². The van der Waals surface area contributed by atoms with E-state index in [1.807, 2.05) is 6.92 Å². The molecule has 21 heavy (non-hydrogen) atoms. The van der Waals surface area contributed by atoms with Gasteiger partial charge in [-0.2, -0.15) is 0 Å². The largest absolute Gasteiger partial charge is 0.495 e. The summed E-state index contributed by atoms with van der Waals surface area (Å²) in [7, 11) is -2.44. The molecule has 0 amide bonds. The van der Waals surface area contributed by atoms with Crippen molar-refractivity contribution in [2.75, 3.05) is 17.6 Å². The van der Waals surface area contributed by atoms with Gasteiger partial charge in [0.2, 0.25) is 0 Å². The van der Waals surface area contributed by atoms with Crippen LogP contribution in [0.15, 0.2) is 41.3 Å². The Hall–Kier alpha value is -1.92. The highest BCUT2D eigenvalue weighted by Gasteiger charge is 2.22. The Labute approximate surface area is 128 Å². The fourth-order valence-corrected chi connectivity index (χ4v) is 3.64. The summed E-state index contributed by atoms with van der Waals surface area (Å²) in [6.07, 6.45) is 0. The molecule has 7 heteroatoms. The van der Waals surface area contributed by atoms with Crippen molar-refractivity contribution >= 4 is 33.0 Å². The Kier molecular flexibility index (Phi) is 4.29. The fraction of sp³-hybridized carbons (Fsp3) is 0.143. The molecule has 0 spiro atoms. The molecule has 0 fully saturated rings. The first-order chi connectivity index (χ1) is 9.85. The molecule has 2 aromatic carbocycles. The number of nitrogens with two attached hydrogens (primary N) is 1. The Balaban J connectivity index is 2.48. The van der Waals surface area contributed by atoms with Gasteiger partial charge >= 0.3 is 0 Å². The number of benzene rings is 2. The van der Waals surface area contributed by atoms with Gasteiger partial charge in [0.25, 0.3) is 10.0 Å². The van der Waals surface area contributed by atoms with Crippen LogP contribution in [0.1, 0.15) is 5.56 Å². The average Bonchev–Trinajstić information content (AvgIpc) is 2.40. The maximum atomic E-state index is 12.5. The smallest absolute Gasteiger partial charge is 0.265 e. The van der Waals surface area contributed by atoms with Crippen molar-refractivity contribution in [3.05, 3.63) is 47.0 Å². The molecule has 112 valence electrons. The molecule has 5 nitrogen and oxygen atoms in total. The normalized spacial score (nSPS) is 11.2. The Bertz CT molecular complexity index is 756. The summed E-state index contributed by atoms with van der Waals surface area (Å²) in [5.74, 6) is 0.421. The molecule has 0 heterocycles. The number of nitrogens with one attached hydrogen (secondary N) is 1. The van der Waals surface area contributed by atoms with Gasteiger partial charge in [0.05, 0.1) is 23.5 Å². The number of anilines is 2. The molecule has 0 aliphatic carbocycles. The predicted molar refractivity (Wildman–Crippen MR) is 84.4 cm³/mol. The third-order valence-electron chi connectivity index (χ3n) is 2.87. The van der Waals surface area contributed by atoms with E-state index in [0.29, 0.717) is 11.4 Å². The van der Waals surface area contributed by atoms with Crippen LogP contribution < -0.4 is 15.2 Å². The number of aryl methyl sites for hydroxylation is 1. The highest BCUT2D eigenvalue weighted by molar-refractivity contribution is 7.93. The summed E-state index contributed by atoms with van der Waals surface area (Å²) in [6.45, 7) is 1.88. The van der Waals surface area contributed by atoms with Crippen molar-refractivity contribution in [3.8, 4) is 5.75 Å². The maximum absolute atomic E-state index is 12.5. The highest BCUT2D eigenvalue weighted by atomic mass is 35.5. The molecule has 0 atom stereocenters. The van der Waals surface area contributed by atoms with Gasteiger partial charge in [0, 0.05) is 0 Å². The fourth-order valence-electron chi connectivity index (χ4n) is 1.89. The van der Waals surface area contributed by atoms with Crippen molar-refractivity contribution < 1.29 is 13.2 Å². The predicted octanol–water partition coefficient (Wildman–Crippen LogP) is 3.04. The minimum atomic E-state index is -3.91. The van der Waals surface area contributed by atoms with Crippen molar-refractivity contribution in [1.82, 2.24) is 0 Å². The standard InChI is InChI=1S/C14H15ClN2O3S/c1-9-6-7-12(13(8-9)20-2)17-21(18,19)14-10(15)4-3-5-11(14)16/h3-8,17H,16H2,1-2H3. The van der Waals surface area contributed by atoms with Crippen molar-refractivity contribution in [3.63, 3.8) is 0 Å². The lowest BCUT2D eigenvalue weighted by atomic mass is 10.2. The van der Waals surface area contributed by atoms with Crippen LogP contribution in [0.2, 0.25) is 5.02 Å². The molecular formula is C14H15ClN2O3S. The van der Waals surface area contributed by atoms with Gasteiger partial charge in [-0.05, 0) is 36.8 Å². The number of hydrogen-bond donors (Lipinski definition) is 2. The van der Waals surface area contributed by atoms with E-state index < -0.39 is 10.0 Å². The van der Waals surface area contributed by atoms with Crippen LogP contribution >= 0.6 is 11.6 Å². The molecule has 0 bridgehead atoms. The Morgan fingerprint density at radius 3 is 2.57 bits per heavy atom. The minimum Gasteiger partial charge on any atom is -0.495 e. The monoisotopic (exact) mass is 326 g/mol. The molecule has 0 saturated heterocycles. The van der Waals surface area contributed by atoms with Crippen molar-refractivity contribution in [1.29, 1.82) is 0 Å². The van der Waals surface area contributed by atoms with E-state index in [-0.39, 0.29) is 15.6 Å². The molecule has 2 rings (SSSR count). The molecule has 0 radical (unpaired) electrons. The zero-order chi connectivity index (χ0) is 15.6. The lowest BCUT2D eigenvalue weighted by molar-refractivity contribution is 0.416. The van der Waals surface area contributed by atoms with E-state index in [9.17, 15) is 8.42 Å². The number of nitrogen functional groups attached to an aromatic ring is 1. The topological polar surface area (TPSA) is 81.4 Å². The summed E-state index contributed by atoms with van der Waals surface area (Å²) in [5.41, 5.74) is 7.08. The van der Waals surface area contributed by atoms with Crippen molar-refractivity contribution in [2.24, 2.45) is 0 Å². The molecule has 0 aliphatic heterocycles. The SMILES string of the molecule is COc1cc(C)ccc1NS(=O)(=O)c1c(N)cccc1Cl. The molecule has 0 aromatic heterocycles. The van der Waals surface area contributed by atoms with Crippen LogP contribution in [-0.2, 0) is 10.0 Å². The summed E-state index contributed by atoms with van der Waals surface area (Å²) in [6, 6.07) is 9.66. The van der Waals surface area contributed by atoms with Gasteiger partial charge in [-0.1, -0.05) is 23.7 Å². The average molecular weight is 327 g/mol. The quantitative estimate of drug-likeness (QED) is 0.846. The lowest BCUT2D eigenvalue weighted by Crippen LogP contribution is -2.16. The van der Waals surface area contributed by atoms with Gasteiger partial charge in [0.1, 0.15) is 10.6 Å². The molecule has 3 N–H and O–H groups in total. The summed E-state index contributed by atoms with van der Waals surface area (Å²) in [4.78, 5) is -0.144. The summed E-state index contributed by atoms with van der Waals surface area (Å²) >= 11 is 5.95. The third-order valence-corrected chi connectivity index (χ3v) is 4.78. The van der Waals surface area contributed by atoms with E-state index in [2.05, 4.69) is 4.72 Å². The van der Waals surface area contributed by atoms with E-state index in [1.54, 1.807) is 24.3 Å². The molecule has 2 aromatic rings. The summed E-state index contributed by atoms with van der Waals surface area (Å²) in [5, 5.41) is 0.0635. The van der Waals surface area contributed by atoms with Crippen LogP contribution in [0.3, 0.4) is 0 Å². The van der Waals surface area contributed by atoms with Crippen LogP contribution in [0.25, 0.3) is 0 Å². The third kappa shape index (κ3) is 3.22. The van der Waals surface area contributed by atoms with Crippen LogP contribution in [-0.4, -0.2) is 15.5 Å². The van der Waals surface area contributed by atoms with Gasteiger partial charge in [-0.3, -0.25) is 4.72 Å². The number of sulfonamides is 1. The lowest BCUT2D eigenvalue weighted by Gasteiger charge is -2.14. The van der Waals surface area contributed by atoms with Crippen LogP contribution in [0.4, 0.5) is 11.4 Å². The van der Waals surface area contributed by atoms with Crippen LogP contribution in [0.5, 0.6) is 5.75 Å². The van der Waals surface area contributed by atoms with Gasteiger partial charge in [0.15, 0.2) is 0 Å². The minimum absolute atomic E-state index is 0.0635. The number of methoxy groups -OCH3 is 1. The molecule has 0 aliphatic rings. The van der Waals surface area contributed by atoms with Crippen molar-refractivity contribution in [2.45, 2.75) is 11.8 Å². The van der Waals surface area contributed by atoms with Gasteiger partial charge in [-0.25, -0.2) is 8.42 Å². The zero-order valence-corrected chi connectivity index (χ0v) is 13.1. The second-order valence-electron chi connectivity index (χ2n) is 4.47. The first-order valence-electron chi connectivity index (χ1n) is 6.06. The van der Waals surface area contributed by atoms with E-state index in [1.165, 1.54) is 19.2 Å². The Morgan fingerprint density at radius 2 is 1.95 bits per heavy atom. The molecule has 0 unspecified atom stereocenters.